The summed E-state index contributed by atoms with van der Waals surface area (Å²) < 4.78 is 5.30. The Morgan fingerprint density at radius 1 is 1.40 bits per heavy atom. The summed E-state index contributed by atoms with van der Waals surface area (Å²) >= 11 is 1.15. The SMILES string of the molecule is CCc1cc(OCCC(=O)NC(=O)NC)c(C(=O)O)s1. The third-order valence-corrected chi connectivity index (χ3v) is 3.61. The molecule has 0 aliphatic rings. The van der Waals surface area contributed by atoms with Crippen LogP contribution >= 0.6 is 11.3 Å². The van der Waals surface area contributed by atoms with E-state index in [4.69, 9.17) is 9.84 Å². The molecule has 0 saturated heterocycles. The Hall–Kier alpha value is -2.09. The topological polar surface area (TPSA) is 105 Å². The van der Waals surface area contributed by atoms with Gasteiger partial charge in [-0.1, -0.05) is 6.92 Å². The van der Waals surface area contributed by atoms with Crippen molar-refractivity contribution in [3.63, 3.8) is 0 Å². The summed E-state index contributed by atoms with van der Waals surface area (Å²) in [6, 6.07) is 1.06. The number of hydrogen-bond donors (Lipinski definition) is 3. The maximum atomic E-state index is 11.3. The monoisotopic (exact) mass is 300 g/mol. The number of aromatic carboxylic acids is 1. The lowest BCUT2D eigenvalue weighted by molar-refractivity contribution is -0.120. The largest absolute Gasteiger partial charge is 0.491 e. The molecule has 0 radical (unpaired) electrons. The molecule has 8 heteroatoms. The number of carbonyl (C=O) groups excluding carboxylic acids is 2. The molecule has 3 amide bonds. The van der Waals surface area contributed by atoms with Crippen LogP contribution in [0.25, 0.3) is 0 Å². The van der Waals surface area contributed by atoms with Crippen molar-refractivity contribution in [3.8, 4) is 5.75 Å². The zero-order valence-electron chi connectivity index (χ0n) is 11.2. The molecule has 7 nitrogen and oxygen atoms in total. The zero-order valence-corrected chi connectivity index (χ0v) is 12.0. The average molecular weight is 300 g/mol. The third-order valence-electron chi connectivity index (χ3n) is 2.36. The van der Waals surface area contributed by atoms with E-state index in [2.05, 4.69) is 10.6 Å². The van der Waals surface area contributed by atoms with Crippen molar-refractivity contribution in [1.29, 1.82) is 0 Å². The highest BCUT2D eigenvalue weighted by Gasteiger charge is 2.16. The summed E-state index contributed by atoms with van der Waals surface area (Å²) in [5, 5.41) is 13.4. The Morgan fingerprint density at radius 2 is 2.10 bits per heavy atom. The second kappa shape index (κ2) is 7.49. The molecular formula is C12H16N2O5S. The van der Waals surface area contributed by atoms with Crippen LogP contribution in [0.1, 0.15) is 27.9 Å². The first-order valence-electron chi connectivity index (χ1n) is 5.98. The Morgan fingerprint density at radius 3 is 2.65 bits per heavy atom. The molecule has 0 spiro atoms. The highest BCUT2D eigenvalue weighted by Crippen LogP contribution is 2.29. The van der Waals surface area contributed by atoms with Crippen LogP contribution < -0.4 is 15.4 Å². The lowest BCUT2D eigenvalue weighted by atomic mass is 10.3. The van der Waals surface area contributed by atoms with Crippen LogP contribution in [0.4, 0.5) is 4.79 Å². The van der Waals surface area contributed by atoms with E-state index < -0.39 is 17.9 Å². The number of carbonyl (C=O) groups is 3. The number of ether oxygens (including phenoxy) is 1. The van der Waals surface area contributed by atoms with E-state index in [1.807, 2.05) is 6.92 Å². The number of carboxylic acids is 1. The molecule has 20 heavy (non-hydrogen) atoms. The molecule has 0 aliphatic heterocycles. The minimum absolute atomic E-state index is 0.00297. The minimum Gasteiger partial charge on any atom is -0.491 e. The number of aryl methyl sites for hydroxylation is 1. The molecule has 0 aromatic carbocycles. The van der Waals surface area contributed by atoms with Crippen molar-refractivity contribution < 1.29 is 24.2 Å². The van der Waals surface area contributed by atoms with Crippen molar-refractivity contribution >= 4 is 29.2 Å². The molecule has 0 atom stereocenters. The van der Waals surface area contributed by atoms with Gasteiger partial charge in [0.2, 0.25) is 5.91 Å². The van der Waals surface area contributed by atoms with Gasteiger partial charge >= 0.3 is 12.0 Å². The van der Waals surface area contributed by atoms with Crippen LogP contribution in [-0.4, -0.2) is 36.7 Å². The molecule has 0 bridgehead atoms. The highest BCUT2D eigenvalue weighted by atomic mass is 32.1. The quantitative estimate of drug-likeness (QED) is 0.733. The van der Waals surface area contributed by atoms with E-state index in [9.17, 15) is 14.4 Å². The van der Waals surface area contributed by atoms with E-state index >= 15 is 0 Å². The molecule has 3 N–H and O–H groups in total. The smallest absolute Gasteiger partial charge is 0.349 e. The number of thiophene rings is 1. The van der Waals surface area contributed by atoms with E-state index in [1.54, 1.807) is 6.07 Å². The molecule has 1 heterocycles. The Balaban J connectivity index is 2.53. The second-order valence-electron chi connectivity index (χ2n) is 3.79. The third kappa shape index (κ3) is 4.54. The minimum atomic E-state index is -1.06. The number of carboxylic acid groups (broad SMARTS) is 1. The van der Waals surface area contributed by atoms with Crippen LogP contribution in [0.2, 0.25) is 0 Å². The zero-order chi connectivity index (χ0) is 15.1. The standard InChI is InChI=1S/C12H16N2O5S/c1-3-7-6-8(10(20-7)11(16)17)19-5-4-9(15)14-12(18)13-2/h6H,3-5H2,1-2H3,(H,16,17)(H2,13,14,15,18). The fourth-order valence-electron chi connectivity index (χ4n) is 1.36. The molecular weight excluding hydrogens is 284 g/mol. The summed E-state index contributed by atoms with van der Waals surface area (Å²) in [4.78, 5) is 34.2. The van der Waals surface area contributed by atoms with Gasteiger partial charge in [-0.3, -0.25) is 10.1 Å². The number of urea groups is 1. The maximum Gasteiger partial charge on any atom is 0.349 e. The Labute approximate surface area is 119 Å². The Bertz CT molecular complexity index is 512. The Kier molecular flexibility index (Phi) is 5.98. The van der Waals surface area contributed by atoms with Crippen LogP contribution in [0.3, 0.4) is 0 Å². The van der Waals surface area contributed by atoms with Crippen LogP contribution in [0.15, 0.2) is 6.07 Å². The maximum absolute atomic E-state index is 11.3. The predicted octanol–water partition coefficient (Wildman–Crippen LogP) is 1.23. The van der Waals surface area contributed by atoms with Gasteiger partial charge in [-0.2, -0.15) is 0 Å². The summed E-state index contributed by atoms with van der Waals surface area (Å²) in [5.41, 5.74) is 0. The van der Waals surface area contributed by atoms with Gasteiger partial charge in [-0.05, 0) is 12.5 Å². The van der Waals surface area contributed by atoms with Gasteiger partial charge < -0.3 is 15.2 Å². The first-order chi connectivity index (χ1) is 9.47. The summed E-state index contributed by atoms with van der Waals surface area (Å²) in [7, 11) is 1.40. The number of amides is 3. The average Bonchev–Trinajstić information content (AvgIpc) is 2.82. The fourth-order valence-corrected chi connectivity index (χ4v) is 2.24. The van der Waals surface area contributed by atoms with Gasteiger partial charge in [0, 0.05) is 11.9 Å². The normalized spacial score (nSPS) is 9.90. The number of nitrogens with one attached hydrogen (secondary N) is 2. The molecule has 0 unspecified atom stereocenters. The first-order valence-corrected chi connectivity index (χ1v) is 6.80. The molecule has 1 rings (SSSR count). The van der Waals surface area contributed by atoms with Crippen molar-refractivity contribution in [2.75, 3.05) is 13.7 Å². The molecule has 0 fully saturated rings. The number of hydrogen-bond acceptors (Lipinski definition) is 5. The molecule has 0 aliphatic carbocycles. The lowest BCUT2D eigenvalue weighted by Crippen LogP contribution is -2.37. The van der Waals surface area contributed by atoms with Gasteiger partial charge in [-0.15, -0.1) is 11.3 Å². The highest BCUT2D eigenvalue weighted by molar-refractivity contribution is 7.14. The molecule has 0 saturated carbocycles. The molecule has 1 aromatic heterocycles. The van der Waals surface area contributed by atoms with Crippen molar-refractivity contribution in [1.82, 2.24) is 10.6 Å². The first kappa shape index (κ1) is 16.0. The number of rotatable bonds is 6. The molecule has 110 valence electrons. The summed E-state index contributed by atoms with van der Waals surface area (Å²) in [6.45, 7) is 1.92. The number of imide groups is 1. The second-order valence-corrected chi connectivity index (χ2v) is 4.93. The summed E-state index contributed by atoms with van der Waals surface area (Å²) in [5.74, 6) is -1.29. The lowest BCUT2D eigenvalue weighted by Gasteiger charge is -2.05. The molecule has 1 aromatic rings. The predicted molar refractivity (Wildman–Crippen MR) is 73.4 cm³/mol. The van der Waals surface area contributed by atoms with Gasteiger partial charge in [0.1, 0.15) is 5.75 Å². The summed E-state index contributed by atoms with van der Waals surface area (Å²) in [6.07, 6.45) is 0.676. The van der Waals surface area contributed by atoms with Gasteiger partial charge in [-0.25, -0.2) is 9.59 Å². The van der Waals surface area contributed by atoms with Crippen LogP contribution in [0, 0.1) is 0 Å². The van der Waals surface area contributed by atoms with E-state index in [1.165, 1.54) is 7.05 Å². The van der Waals surface area contributed by atoms with E-state index in [0.29, 0.717) is 6.42 Å². The van der Waals surface area contributed by atoms with Crippen molar-refractivity contribution in [2.45, 2.75) is 19.8 Å². The van der Waals surface area contributed by atoms with Crippen LogP contribution in [0.5, 0.6) is 5.75 Å². The van der Waals surface area contributed by atoms with Crippen molar-refractivity contribution in [3.05, 3.63) is 15.8 Å². The fraction of sp³-hybridized carbons (Fsp3) is 0.417. The van der Waals surface area contributed by atoms with Crippen molar-refractivity contribution in [2.24, 2.45) is 0 Å². The van der Waals surface area contributed by atoms with E-state index in [0.717, 1.165) is 16.2 Å². The van der Waals surface area contributed by atoms with Gasteiger partial charge in [0.15, 0.2) is 4.88 Å². The van der Waals surface area contributed by atoms with Gasteiger partial charge in [0.25, 0.3) is 0 Å². The van der Waals surface area contributed by atoms with Crippen LogP contribution in [-0.2, 0) is 11.2 Å². The van der Waals surface area contributed by atoms with E-state index in [-0.39, 0.29) is 23.7 Å². The van der Waals surface area contributed by atoms with Gasteiger partial charge in [0.05, 0.1) is 13.0 Å².